The molecule has 5 rings (SSSR count). The number of hydrogen-bond donors (Lipinski definition) is 3. The molecule has 0 saturated carbocycles. The molecule has 3 aromatic rings. The number of rotatable bonds is 4. The number of carbonyl (C=O) groups excluding carboxylic acids is 1. The number of nitrogen functional groups attached to an aromatic ring is 1. The number of hydrogen-bond acceptors (Lipinski definition) is 6. The van der Waals surface area contributed by atoms with Crippen LogP contribution in [0.5, 0.6) is 0 Å². The molecule has 1 aromatic heterocycles. The molecule has 4 N–H and O–H groups in total. The Kier molecular flexibility index (Phi) is 5.50. The summed E-state index contributed by atoms with van der Waals surface area (Å²) in [6.45, 7) is 11.6. The topological polar surface area (TPSA) is 112 Å². The van der Waals surface area contributed by atoms with Crippen molar-refractivity contribution in [1.82, 2.24) is 14.6 Å². The Morgan fingerprint density at radius 2 is 1.77 bits per heavy atom. The van der Waals surface area contributed by atoms with E-state index in [0.29, 0.717) is 41.6 Å². The Morgan fingerprint density at radius 1 is 1.09 bits per heavy atom. The van der Waals surface area contributed by atoms with E-state index >= 15 is 0 Å². The highest BCUT2D eigenvalue weighted by Crippen LogP contribution is 2.46. The van der Waals surface area contributed by atoms with Crippen molar-refractivity contribution in [3.05, 3.63) is 52.7 Å². The first-order valence-corrected chi connectivity index (χ1v) is 13.5. The summed E-state index contributed by atoms with van der Waals surface area (Å²) in [5.41, 5.74) is 10.2. The average molecular weight is 496 g/mol. The van der Waals surface area contributed by atoms with Crippen molar-refractivity contribution < 1.29 is 13.2 Å². The maximum absolute atomic E-state index is 13.8. The maximum atomic E-state index is 13.8. The number of sulfonamides is 1. The number of piperazine rings is 1. The smallest absolute Gasteiger partial charge is 0.242 e. The maximum Gasteiger partial charge on any atom is 0.242 e. The molecule has 0 radical (unpaired) electrons. The van der Waals surface area contributed by atoms with Gasteiger partial charge >= 0.3 is 0 Å². The summed E-state index contributed by atoms with van der Waals surface area (Å²) in [6.07, 6.45) is 0. The van der Waals surface area contributed by atoms with Crippen molar-refractivity contribution in [1.29, 1.82) is 0 Å². The fraction of sp³-hybridized carbons (Fsp3) is 0.423. The minimum absolute atomic E-state index is 0.147. The minimum atomic E-state index is -3.80. The van der Waals surface area contributed by atoms with Crippen molar-refractivity contribution in [2.75, 3.05) is 43.9 Å². The van der Waals surface area contributed by atoms with Gasteiger partial charge in [0.25, 0.3) is 0 Å². The monoisotopic (exact) mass is 495 g/mol. The molecule has 1 fully saturated rings. The first-order chi connectivity index (χ1) is 16.5. The average Bonchev–Trinajstić information content (AvgIpc) is 3.22. The van der Waals surface area contributed by atoms with Crippen LogP contribution in [0, 0.1) is 0 Å². The quantitative estimate of drug-likeness (QED) is 0.480. The van der Waals surface area contributed by atoms with Gasteiger partial charge in [-0.2, -0.15) is 0 Å². The minimum Gasteiger partial charge on any atom is -0.399 e. The Labute approximate surface area is 206 Å². The Balaban J connectivity index is 1.71. The lowest BCUT2D eigenvalue weighted by atomic mass is 9.71. The van der Waals surface area contributed by atoms with Crippen molar-refractivity contribution in [2.45, 2.75) is 44.0 Å². The summed E-state index contributed by atoms with van der Waals surface area (Å²) in [4.78, 5) is 21.9. The molecular formula is C26H33N5O3S. The van der Waals surface area contributed by atoms with Gasteiger partial charge in [0, 0.05) is 65.5 Å². The van der Waals surface area contributed by atoms with Crippen LogP contribution < -0.4 is 15.4 Å². The molecule has 1 aliphatic carbocycles. The Hall–Kier alpha value is -2.88. The van der Waals surface area contributed by atoms with Gasteiger partial charge in [-0.3, -0.25) is 9.69 Å². The van der Waals surface area contributed by atoms with Gasteiger partial charge in [-0.15, -0.1) is 0 Å². The molecule has 2 heterocycles. The van der Waals surface area contributed by atoms with Gasteiger partial charge in [-0.05, 0) is 50.7 Å². The second-order valence-corrected chi connectivity index (χ2v) is 12.2. The highest BCUT2D eigenvalue weighted by Gasteiger charge is 2.41. The number of anilines is 2. The van der Waals surface area contributed by atoms with Crippen LogP contribution in [-0.2, 0) is 15.4 Å². The van der Waals surface area contributed by atoms with Gasteiger partial charge in [-0.25, -0.2) is 13.1 Å². The van der Waals surface area contributed by atoms with Crippen LogP contribution in [0.2, 0.25) is 0 Å². The molecule has 35 heavy (non-hydrogen) atoms. The van der Waals surface area contributed by atoms with Crippen molar-refractivity contribution in [2.24, 2.45) is 0 Å². The predicted molar refractivity (Wildman–Crippen MR) is 140 cm³/mol. The molecule has 0 amide bonds. The summed E-state index contributed by atoms with van der Waals surface area (Å²) >= 11 is 0. The van der Waals surface area contributed by atoms with E-state index in [0.717, 1.165) is 35.2 Å². The summed E-state index contributed by atoms with van der Waals surface area (Å²) < 4.78 is 28.8. The van der Waals surface area contributed by atoms with Gasteiger partial charge < -0.3 is 15.6 Å². The van der Waals surface area contributed by atoms with Crippen LogP contribution in [0.15, 0.2) is 35.2 Å². The zero-order valence-corrected chi connectivity index (χ0v) is 21.7. The molecule has 1 aliphatic heterocycles. The van der Waals surface area contributed by atoms with Gasteiger partial charge in [-0.1, -0.05) is 19.9 Å². The summed E-state index contributed by atoms with van der Waals surface area (Å²) in [5.74, 6) is -0.172. The lowest BCUT2D eigenvalue weighted by Gasteiger charge is -2.40. The van der Waals surface area contributed by atoms with E-state index in [1.165, 1.54) is 7.05 Å². The number of carbonyl (C=O) groups is 1. The molecular weight excluding hydrogens is 462 g/mol. The zero-order valence-electron chi connectivity index (χ0n) is 20.9. The van der Waals surface area contributed by atoms with Crippen LogP contribution in [-0.4, -0.2) is 63.4 Å². The third-order valence-electron chi connectivity index (χ3n) is 7.64. The molecule has 0 bridgehead atoms. The van der Waals surface area contributed by atoms with Crippen LogP contribution in [0.3, 0.4) is 0 Å². The highest BCUT2D eigenvalue weighted by atomic mass is 32.2. The normalized spacial score (nSPS) is 18.2. The van der Waals surface area contributed by atoms with Gasteiger partial charge in [0.15, 0.2) is 5.78 Å². The first-order valence-electron chi connectivity index (χ1n) is 12.0. The third-order valence-corrected chi connectivity index (χ3v) is 9.08. The van der Waals surface area contributed by atoms with E-state index in [4.69, 9.17) is 5.73 Å². The lowest BCUT2D eigenvalue weighted by molar-refractivity contribution is 0.103. The van der Waals surface area contributed by atoms with Gasteiger partial charge in [0.05, 0.1) is 11.3 Å². The molecule has 2 aromatic carbocycles. The van der Waals surface area contributed by atoms with E-state index in [9.17, 15) is 13.2 Å². The fourth-order valence-corrected chi connectivity index (χ4v) is 6.47. The number of benzene rings is 2. The SMILES string of the molecule is CNS(=O)(=O)c1cc2c(cc1N1CCN(C(C)C)CC1)C(C)(C)c1[nH]c3cc(N)ccc3c1C2=O. The molecule has 0 unspecified atom stereocenters. The van der Waals surface area contributed by atoms with Crippen molar-refractivity contribution in [3.63, 3.8) is 0 Å². The summed E-state index contributed by atoms with van der Waals surface area (Å²) in [5, 5.41) is 0.796. The molecule has 9 heteroatoms. The number of nitrogens with zero attached hydrogens (tertiary/aromatic N) is 2. The van der Waals surface area contributed by atoms with Crippen LogP contribution in [0.4, 0.5) is 11.4 Å². The molecule has 8 nitrogen and oxygen atoms in total. The van der Waals surface area contributed by atoms with Crippen molar-refractivity contribution in [3.8, 4) is 0 Å². The van der Waals surface area contributed by atoms with Crippen molar-refractivity contribution >= 4 is 38.1 Å². The van der Waals surface area contributed by atoms with Gasteiger partial charge in [0.1, 0.15) is 4.90 Å². The second-order valence-electron chi connectivity index (χ2n) is 10.3. The highest BCUT2D eigenvalue weighted by molar-refractivity contribution is 7.89. The number of ketones is 1. The number of fused-ring (bicyclic) bond motifs is 4. The molecule has 0 spiro atoms. The number of nitrogens with two attached hydrogens (primary N) is 1. The van der Waals surface area contributed by atoms with E-state index in [2.05, 4.69) is 47.2 Å². The second kappa shape index (κ2) is 8.08. The predicted octanol–water partition coefficient (Wildman–Crippen LogP) is 3.06. The summed E-state index contributed by atoms with van der Waals surface area (Å²) in [7, 11) is -2.39. The Bertz CT molecular complexity index is 1450. The molecule has 1 saturated heterocycles. The third kappa shape index (κ3) is 3.64. The summed E-state index contributed by atoms with van der Waals surface area (Å²) in [6, 6.07) is 9.40. The molecule has 0 atom stereocenters. The first kappa shape index (κ1) is 23.8. The standard InChI is InChI=1S/C26H33N5O3S/c1-15(2)30-8-10-31(11-9-30)21-14-19-18(13-22(21)35(33,34)28-5)24(32)23-17-7-6-16(27)12-20(17)29-25(23)26(19,3)4/h6-7,12-15,28-29H,8-11,27H2,1-5H3. The molecule has 186 valence electrons. The number of nitrogens with one attached hydrogen (secondary N) is 2. The number of H-pyrrole nitrogens is 1. The van der Waals surface area contributed by atoms with E-state index in [-0.39, 0.29) is 10.7 Å². The van der Waals surface area contributed by atoms with Crippen LogP contribution in [0.1, 0.15) is 54.9 Å². The fourth-order valence-electron chi connectivity index (χ4n) is 5.51. The van der Waals surface area contributed by atoms with E-state index in [1.807, 2.05) is 18.2 Å². The largest absolute Gasteiger partial charge is 0.399 e. The van der Waals surface area contributed by atoms with Gasteiger partial charge in [0.2, 0.25) is 10.0 Å². The number of aromatic amines is 1. The zero-order chi connectivity index (χ0) is 25.3. The Morgan fingerprint density at radius 3 is 2.40 bits per heavy atom. The van der Waals surface area contributed by atoms with Crippen LogP contribution in [0.25, 0.3) is 10.9 Å². The lowest BCUT2D eigenvalue weighted by Crippen LogP contribution is -2.49. The van der Waals surface area contributed by atoms with E-state index in [1.54, 1.807) is 12.1 Å². The van der Waals surface area contributed by atoms with E-state index < -0.39 is 15.4 Å². The van der Waals surface area contributed by atoms with Crippen LogP contribution >= 0.6 is 0 Å². The number of aromatic nitrogens is 1. The molecule has 2 aliphatic rings.